The fourth-order valence-corrected chi connectivity index (χ4v) is 1.80. The van der Waals surface area contributed by atoms with Crippen LogP contribution < -0.4 is 11.1 Å². The van der Waals surface area contributed by atoms with Crippen LogP contribution in [0.4, 0.5) is 0 Å². The van der Waals surface area contributed by atoms with Crippen LogP contribution in [0.15, 0.2) is 37.1 Å². The van der Waals surface area contributed by atoms with Gasteiger partial charge in [0, 0.05) is 6.07 Å². The predicted octanol–water partition coefficient (Wildman–Crippen LogP) is 1.71. The van der Waals surface area contributed by atoms with Gasteiger partial charge in [0.15, 0.2) is 0 Å². The molecular formula is C14H14N2O5. The minimum Gasteiger partial charge on any atom is -0.507 e. The van der Waals surface area contributed by atoms with Crippen LogP contribution in [0.5, 0.6) is 5.75 Å². The standard InChI is InChI=1S/C14H14N2O5/c1-7-6-11(17)12(14(19)21-7)8(2)15-16-13(18)10-4-5-20-9(10)3/h4-6,17H,1-3H3,(H,16,18). The zero-order valence-electron chi connectivity index (χ0n) is 11.8. The maximum atomic E-state index is 11.8. The van der Waals surface area contributed by atoms with Crippen molar-refractivity contribution in [2.75, 3.05) is 0 Å². The maximum absolute atomic E-state index is 11.8. The molecule has 2 N–H and O–H groups in total. The van der Waals surface area contributed by atoms with E-state index >= 15 is 0 Å². The van der Waals surface area contributed by atoms with Crippen LogP contribution in [0.2, 0.25) is 0 Å². The number of hydrazone groups is 1. The Hall–Kier alpha value is -2.83. The van der Waals surface area contributed by atoms with Crippen molar-refractivity contribution in [1.82, 2.24) is 5.43 Å². The minimum atomic E-state index is -0.720. The van der Waals surface area contributed by atoms with Crippen molar-refractivity contribution in [3.63, 3.8) is 0 Å². The number of carbonyl (C=O) groups is 1. The number of amides is 1. The molecule has 0 saturated carbocycles. The molecule has 0 aliphatic heterocycles. The molecule has 2 aromatic heterocycles. The van der Waals surface area contributed by atoms with Crippen LogP contribution in [0.3, 0.4) is 0 Å². The second-order valence-corrected chi connectivity index (χ2v) is 4.43. The Labute approximate surface area is 119 Å². The molecule has 2 aromatic rings. The summed E-state index contributed by atoms with van der Waals surface area (Å²) >= 11 is 0. The zero-order valence-corrected chi connectivity index (χ0v) is 11.8. The average molecular weight is 290 g/mol. The Morgan fingerprint density at radius 3 is 2.67 bits per heavy atom. The number of carbonyl (C=O) groups excluding carboxylic acids is 1. The van der Waals surface area contributed by atoms with Crippen molar-refractivity contribution >= 4 is 11.6 Å². The molecule has 2 rings (SSSR count). The van der Waals surface area contributed by atoms with Crippen LogP contribution in [-0.4, -0.2) is 16.7 Å². The molecule has 110 valence electrons. The maximum Gasteiger partial charge on any atom is 0.348 e. The smallest absolute Gasteiger partial charge is 0.348 e. The van der Waals surface area contributed by atoms with Crippen LogP contribution >= 0.6 is 0 Å². The molecule has 0 unspecified atom stereocenters. The van der Waals surface area contributed by atoms with Gasteiger partial charge in [-0.2, -0.15) is 5.10 Å². The molecular weight excluding hydrogens is 276 g/mol. The lowest BCUT2D eigenvalue weighted by atomic mass is 10.2. The van der Waals surface area contributed by atoms with E-state index in [4.69, 9.17) is 8.83 Å². The lowest BCUT2D eigenvalue weighted by Gasteiger charge is -2.04. The summed E-state index contributed by atoms with van der Waals surface area (Å²) in [6, 6.07) is 2.81. The highest BCUT2D eigenvalue weighted by Crippen LogP contribution is 2.15. The number of nitrogens with zero attached hydrogens (tertiary/aromatic N) is 1. The first-order chi connectivity index (χ1) is 9.90. The van der Waals surface area contributed by atoms with Gasteiger partial charge in [-0.25, -0.2) is 10.2 Å². The van der Waals surface area contributed by atoms with Crippen LogP contribution in [0, 0.1) is 13.8 Å². The van der Waals surface area contributed by atoms with Crippen LogP contribution in [0.1, 0.15) is 34.4 Å². The number of aryl methyl sites for hydroxylation is 2. The lowest BCUT2D eigenvalue weighted by molar-refractivity contribution is 0.0953. The molecule has 7 heteroatoms. The van der Waals surface area contributed by atoms with Gasteiger partial charge in [-0.1, -0.05) is 0 Å². The molecule has 0 radical (unpaired) electrons. The molecule has 7 nitrogen and oxygen atoms in total. The van der Waals surface area contributed by atoms with E-state index in [1.165, 1.54) is 25.3 Å². The highest BCUT2D eigenvalue weighted by molar-refractivity contribution is 6.02. The van der Waals surface area contributed by atoms with Gasteiger partial charge in [0.2, 0.25) is 0 Å². The summed E-state index contributed by atoms with van der Waals surface area (Å²) in [5.41, 5.74) is 1.95. The fraction of sp³-hybridized carbons (Fsp3) is 0.214. The van der Waals surface area contributed by atoms with E-state index in [9.17, 15) is 14.7 Å². The van der Waals surface area contributed by atoms with E-state index in [0.29, 0.717) is 11.3 Å². The van der Waals surface area contributed by atoms with Gasteiger partial charge in [-0.05, 0) is 26.8 Å². The molecule has 21 heavy (non-hydrogen) atoms. The van der Waals surface area contributed by atoms with Gasteiger partial charge in [-0.3, -0.25) is 4.79 Å². The van der Waals surface area contributed by atoms with Crippen molar-refractivity contribution in [2.45, 2.75) is 20.8 Å². The predicted molar refractivity (Wildman–Crippen MR) is 74.5 cm³/mol. The van der Waals surface area contributed by atoms with E-state index in [2.05, 4.69) is 10.5 Å². The number of aromatic hydroxyl groups is 1. The first-order valence-corrected chi connectivity index (χ1v) is 6.13. The van der Waals surface area contributed by atoms with E-state index in [-0.39, 0.29) is 22.8 Å². The molecule has 0 bridgehead atoms. The summed E-state index contributed by atoms with van der Waals surface area (Å²) in [4.78, 5) is 23.5. The summed E-state index contributed by atoms with van der Waals surface area (Å²) < 4.78 is 9.90. The van der Waals surface area contributed by atoms with Gasteiger partial charge < -0.3 is 13.9 Å². The second-order valence-electron chi connectivity index (χ2n) is 4.43. The second kappa shape index (κ2) is 5.66. The van der Waals surface area contributed by atoms with Crippen molar-refractivity contribution in [1.29, 1.82) is 0 Å². The monoisotopic (exact) mass is 290 g/mol. The highest BCUT2D eigenvalue weighted by atomic mass is 16.4. The Balaban J connectivity index is 2.25. The van der Waals surface area contributed by atoms with E-state index in [1.54, 1.807) is 13.8 Å². The quantitative estimate of drug-likeness (QED) is 0.661. The van der Waals surface area contributed by atoms with Gasteiger partial charge in [0.1, 0.15) is 22.8 Å². The summed E-state index contributed by atoms with van der Waals surface area (Å²) in [7, 11) is 0. The Kier molecular flexibility index (Phi) is 3.93. The number of hydrogen-bond donors (Lipinski definition) is 2. The first kappa shape index (κ1) is 14.6. The largest absolute Gasteiger partial charge is 0.507 e. The molecule has 0 atom stereocenters. The molecule has 0 aromatic carbocycles. The SMILES string of the molecule is CC(=NNC(=O)c1ccoc1C)c1c(O)cc(C)oc1=O. The molecule has 1 amide bonds. The third kappa shape index (κ3) is 3.02. The minimum absolute atomic E-state index is 0.0928. The summed E-state index contributed by atoms with van der Waals surface area (Å²) in [5, 5.41) is 13.6. The van der Waals surface area contributed by atoms with Gasteiger partial charge in [0.25, 0.3) is 5.91 Å². The molecule has 0 aliphatic carbocycles. The van der Waals surface area contributed by atoms with E-state index in [0.717, 1.165) is 0 Å². The number of furan rings is 1. The summed E-state index contributed by atoms with van der Waals surface area (Å²) in [6.45, 7) is 4.66. The van der Waals surface area contributed by atoms with Crippen molar-refractivity contribution in [3.05, 3.63) is 51.5 Å². The third-order valence-corrected chi connectivity index (χ3v) is 2.84. The first-order valence-electron chi connectivity index (χ1n) is 6.13. The van der Waals surface area contributed by atoms with E-state index in [1.807, 2.05) is 0 Å². The Bertz CT molecular complexity index is 770. The van der Waals surface area contributed by atoms with Crippen LogP contribution in [-0.2, 0) is 0 Å². The normalized spacial score (nSPS) is 11.5. The van der Waals surface area contributed by atoms with Crippen molar-refractivity contribution < 1.29 is 18.7 Å². The molecule has 0 saturated heterocycles. The van der Waals surface area contributed by atoms with Crippen LogP contribution in [0.25, 0.3) is 0 Å². The highest BCUT2D eigenvalue weighted by Gasteiger charge is 2.15. The number of hydrogen-bond acceptors (Lipinski definition) is 6. The van der Waals surface area contributed by atoms with Crippen molar-refractivity contribution in [3.8, 4) is 5.75 Å². The molecule has 0 fully saturated rings. The Morgan fingerprint density at radius 1 is 1.38 bits per heavy atom. The third-order valence-electron chi connectivity index (χ3n) is 2.84. The lowest BCUT2D eigenvalue weighted by Crippen LogP contribution is -2.21. The zero-order chi connectivity index (χ0) is 15.6. The Morgan fingerprint density at radius 2 is 2.10 bits per heavy atom. The summed E-state index contributed by atoms with van der Waals surface area (Å²) in [6.07, 6.45) is 1.39. The van der Waals surface area contributed by atoms with E-state index < -0.39 is 11.5 Å². The number of nitrogens with one attached hydrogen (secondary N) is 1. The molecule has 2 heterocycles. The topological polar surface area (TPSA) is 105 Å². The molecule has 0 aliphatic rings. The summed E-state index contributed by atoms with van der Waals surface area (Å²) in [5.74, 6) is 0.0143. The fourth-order valence-electron chi connectivity index (χ4n) is 1.80. The van der Waals surface area contributed by atoms with Gasteiger partial charge >= 0.3 is 5.63 Å². The number of rotatable bonds is 3. The van der Waals surface area contributed by atoms with Gasteiger partial charge in [0.05, 0.1) is 17.5 Å². The molecule has 0 spiro atoms. The van der Waals surface area contributed by atoms with Gasteiger partial charge in [-0.15, -0.1) is 0 Å². The van der Waals surface area contributed by atoms with Crippen molar-refractivity contribution in [2.24, 2.45) is 5.10 Å². The average Bonchev–Trinajstić information content (AvgIpc) is 2.81.